The summed E-state index contributed by atoms with van der Waals surface area (Å²) < 4.78 is 17.1. The largest absolute Gasteiger partial charge is 0.515 e. The van der Waals surface area contributed by atoms with Crippen molar-refractivity contribution < 1.29 is 18.8 Å². The quantitative estimate of drug-likeness (QED) is 0.444. The zero-order chi connectivity index (χ0) is 20.5. The highest BCUT2D eigenvalue weighted by Gasteiger charge is 2.52. The molecule has 8 nitrogen and oxygen atoms in total. The lowest BCUT2D eigenvalue weighted by Crippen LogP contribution is -2.48. The molecule has 152 valence electrons. The Morgan fingerprint density at radius 2 is 1.89 bits per heavy atom. The molecule has 2 aliphatic heterocycles. The van der Waals surface area contributed by atoms with E-state index in [1.165, 1.54) is 6.21 Å². The van der Waals surface area contributed by atoms with E-state index in [1.807, 2.05) is 48.5 Å². The summed E-state index contributed by atoms with van der Waals surface area (Å²) in [6.07, 6.45) is 2.89. The Hall–Kier alpha value is -1.61. The maximum Gasteiger partial charge on any atom is 0.515 e. The maximum absolute atomic E-state index is 12.2. The number of hydrazone groups is 1. The fourth-order valence-electron chi connectivity index (χ4n) is 2.82. The zero-order valence-electron chi connectivity index (χ0n) is 17.6. The minimum atomic E-state index is -0.731. The number of carbonyl (C=O) groups is 1. The van der Waals surface area contributed by atoms with E-state index >= 15 is 0 Å². The van der Waals surface area contributed by atoms with Gasteiger partial charge in [0, 0.05) is 13.1 Å². The molecule has 2 N–H and O–H groups in total. The van der Waals surface area contributed by atoms with Gasteiger partial charge in [0.05, 0.1) is 29.1 Å². The van der Waals surface area contributed by atoms with Crippen LogP contribution < -0.4 is 5.43 Å². The molecule has 1 unspecified atom stereocenters. The van der Waals surface area contributed by atoms with Gasteiger partial charge in [-0.05, 0) is 61.3 Å². The summed E-state index contributed by atoms with van der Waals surface area (Å²) >= 11 is 0. The van der Waals surface area contributed by atoms with Crippen LogP contribution >= 0.6 is 0 Å². The molecule has 0 aromatic heterocycles. The second-order valence-corrected chi connectivity index (χ2v) is 9.20. The highest BCUT2D eigenvalue weighted by Crippen LogP contribution is 2.36. The molecular formula is C18H33BN4O4. The van der Waals surface area contributed by atoms with Crippen molar-refractivity contribution in [3.63, 3.8) is 0 Å². The van der Waals surface area contributed by atoms with Gasteiger partial charge in [0.1, 0.15) is 5.60 Å². The molecule has 27 heavy (non-hydrogen) atoms. The highest BCUT2D eigenvalue weighted by molar-refractivity contribution is 6.92. The first-order chi connectivity index (χ1) is 12.3. The normalized spacial score (nSPS) is 24.9. The van der Waals surface area contributed by atoms with E-state index in [0.717, 1.165) is 12.8 Å². The van der Waals surface area contributed by atoms with Crippen LogP contribution in [0.3, 0.4) is 0 Å². The minimum absolute atomic E-state index is 0.0219. The molecule has 2 fully saturated rings. The van der Waals surface area contributed by atoms with E-state index in [0.29, 0.717) is 13.1 Å². The van der Waals surface area contributed by atoms with Crippen LogP contribution in [0.1, 0.15) is 61.3 Å². The second-order valence-electron chi connectivity index (χ2n) is 9.20. The van der Waals surface area contributed by atoms with Gasteiger partial charge < -0.3 is 29.8 Å². The molecule has 0 bridgehead atoms. The second kappa shape index (κ2) is 7.79. The van der Waals surface area contributed by atoms with Gasteiger partial charge in [-0.15, -0.1) is 0 Å². The van der Waals surface area contributed by atoms with Crippen molar-refractivity contribution in [3.05, 3.63) is 0 Å². The number of amides is 1. The van der Waals surface area contributed by atoms with Gasteiger partial charge >= 0.3 is 13.2 Å². The van der Waals surface area contributed by atoms with Crippen LogP contribution in [0.15, 0.2) is 5.10 Å². The first-order valence-corrected chi connectivity index (χ1v) is 9.51. The molecule has 2 aliphatic rings. The number of hydrogen-bond donors (Lipinski definition) is 2. The van der Waals surface area contributed by atoms with E-state index in [2.05, 4.69) is 10.5 Å². The van der Waals surface area contributed by atoms with Gasteiger partial charge in [0.15, 0.2) is 0 Å². The Bertz CT molecular complexity index is 585. The predicted molar refractivity (Wildman–Crippen MR) is 106 cm³/mol. The van der Waals surface area contributed by atoms with Gasteiger partial charge in [-0.2, -0.15) is 5.10 Å². The number of nitrogens with zero attached hydrogens (tertiary/aromatic N) is 2. The lowest BCUT2D eigenvalue weighted by Gasteiger charge is -2.33. The number of piperidine rings is 1. The van der Waals surface area contributed by atoms with Gasteiger partial charge in [-0.1, -0.05) is 0 Å². The smallest absolute Gasteiger partial charge is 0.444 e. The van der Waals surface area contributed by atoms with Crippen molar-refractivity contribution >= 4 is 25.0 Å². The molecule has 1 amide bonds. The third-order valence-electron chi connectivity index (χ3n) is 5.04. The SMILES string of the molecule is CC(C)(C)OC(=O)N1CCCC(N/N=C\C(=N)B2OC(C)(C)C(C)(C)O2)C1. The summed E-state index contributed by atoms with van der Waals surface area (Å²) in [7, 11) is -0.731. The molecule has 0 aromatic carbocycles. The van der Waals surface area contributed by atoms with Crippen molar-refractivity contribution in [2.24, 2.45) is 5.10 Å². The molecule has 2 saturated heterocycles. The van der Waals surface area contributed by atoms with Gasteiger partial charge in [-0.25, -0.2) is 4.79 Å². The fourth-order valence-corrected chi connectivity index (χ4v) is 2.82. The van der Waals surface area contributed by atoms with Gasteiger partial charge in [-0.3, -0.25) is 0 Å². The average Bonchev–Trinajstić information content (AvgIpc) is 2.74. The van der Waals surface area contributed by atoms with Crippen molar-refractivity contribution in [2.45, 2.75) is 84.2 Å². The number of rotatable bonds is 4. The maximum atomic E-state index is 12.2. The Morgan fingerprint density at radius 1 is 1.30 bits per heavy atom. The Balaban J connectivity index is 1.84. The van der Waals surface area contributed by atoms with E-state index in [4.69, 9.17) is 19.5 Å². The van der Waals surface area contributed by atoms with Crippen molar-refractivity contribution in [3.8, 4) is 0 Å². The molecule has 0 aromatic rings. The fraction of sp³-hybridized carbons (Fsp3) is 0.833. The molecular weight excluding hydrogens is 347 g/mol. The third-order valence-corrected chi connectivity index (χ3v) is 5.04. The first-order valence-electron chi connectivity index (χ1n) is 9.51. The molecule has 2 rings (SSSR count). The lowest BCUT2D eigenvalue weighted by molar-refractivity contribution is 0.00578. The van der Waals surface area contributed by atoms with E-state index in [1.54, 1.807) is 4.90 Å². The molecule has 0 spiro atoms. The Labute approximate surface area is 162 Å². The molecule has 2 heterocycles. The molecule has 9 heteroatoms. The molecule has 0 saturated carbocycles. The summed E-state index contributed by atoms with van der Waals surface area (Å²) in [6.45, 7) is 14.6. The van der Waals surface area contributed by atoms with Crippen molar-refractivity contribution in [2.75, 3.05) is 13.1 Å². The van der Waals surface area contributed by atoms with Crippen molar-refractivity contribution in [1.82, 2.24) is 10.3 Å². The van der Waals surface area contributed by atoms with Crippen LogP contribution in [-0.2, 0) is 14.0 Å². The van der Waals surface area contributed by atoms with E-state index in [9.17, 15) is 4.79 Å². The summed E-state index contributed by atoms with van der Waals surface area (Å²) in [5, 5.41) is 12.3. The van der Waals surface area contributed by atoms with Gasteiger partial charge in [0.2, 0.25) is 0 Å². The Kier molecular flexibility index (Phi) is 6.26. The number of hydrogen-bond acceptors (Lipinski definition) is 7. The van der Waals surface area contributed by atoms with Crippen LogP contribution in [0, 0.1) is 5.41 Å². The van der Waals surface area contributed by atoms with Crippen LogP contribution in [-0.4, -0.2) is 65.9 Å². The summed E-state index contributed by atoms with van der Waals surface area (Å²) in [5.41, 5.74) is 1.71. The topological polar surface area (TPSA) is 96.2 Å². The predicted octanol–water partition coefficient (Wildman–Crippen LogP) is 2.61. The third kappa shape index (κ3) is 5.68. The van der Waals surface area contributed by atoms with Crippen LogP contribution in [0.25, 0.3) is 0 Å². The van der Waals surface area contributed by atoms with Crippen LogP contribution in [0.4, 0.5) is 4.79 Å². The summed E-state index contributed by atoms with van der Waals surface area (Å²) in [4.78, 5) is 13.9. The first kappa shape index (κ1) is 21.7. The average molecular weight is 380 g/mol. The number of carbonyl (C=O) groups excluding carboxylic acids is 1. The van der Waals surface area contributed by atoms with E-state index in [-0.39, 0.29) is 17.7 Å². The lowest BCUT2D eigenvalue weighted by atomic mass is 9.83. The Morgan fingerprint density at radius 3 is 2.44 bits per heavy atom. The summed E-state index contributed by atoms with van der Waals surface area (Å²) in [5.74, 6) is 0. The van der Waals surface area contributed by atoms with Crippen LogP contribution in [0.5, 0.6) is 0 Å². The highest BCUT2D eigenvalue weighted by atomic mass is 16.7. The molecule has 0 radical (unpaired) electrons. The number of nitrogens with one attached hydrogen (secondary N) is 2. The standard InChI is InChI=1S/C18H33BN4O4/c1-16(2,3)25-15(24)23-10-8-9-13(12-23)22-21-11-14(20)19-26-17(4,5)18(6,7)27-19/h11,13,20,22H,8-10,12H2,1-7H3/b20-14?,21-11-. The monoisotopic (exact) mass is 380 g/mol. The van der Waals surface area contributed by atoms with Crippen molar-refractivity contribution in [1.29, 1.82) is 5.41 Å². The summed E-state index contributed by atoms with van der Waals surface area (Å²) in [6, 6.07) is 0.0219. The molecule has 0 aliphatic carbocycles. The number of ether oxygens (including phenoxy) is 1. The zero-order valence-corrected chi connectivity index (χ0v) is 17.6. The minimum Gasteiger partial charge on any atom is -0.444 e. The molecule has 1 atom stereocenters. The van der Waals surface area contributed by atoms with Gasteiger partial charge in [0.25, 0.3) is 0 Å². The number of likely N-dealkylation sites (tertiary alicyclic amines) is 1. The van der Waals surface area contributed by atoms with E-state index < -0.39 is 23.9 Å². The van der Waals surface area contributed by atoms with Crippen LogP contribution in [0.2, 0.25) is 0 Å².